The average molecular weight is 358 g/mol. The molecule has 0 N–H and O–H groups in total. The number of benzene rings is 1. The Morgan fingerprint density at radius 3 is 2.42 bits per heavy atom. The van der Waals surface area contributed by atoms with E-state index in [1.807, 2.05) is 6.92 Å². The molecule has 1 atom stereocenters. The van der Waals surface area contributed by atoms with E-state index < -0.39 is 0 Å². The van der Waals surface area contributed by atoms with Crippen molar-refractivity contribution >= 4 is 11.7 Å². The highest BCUT2D eigenvalue weighted by molar-refractivity contribution is 5.94. The van der Waals surface area contributed by atoms with Gasteiger partial charge < -0.3 is 14.2 Å². The summed E-state index contributed by atoms with van der Waals surface area (Å²) in [6.45, 7) is 7.95. The van der Waals surface area contributed by atoms with Crippen molar-refractivity contribution in [2.75, 3.05) is 7.05 Å². The normalized spacial score (nSPS) is 12.1. The molecule has 26 heavy (non-hydrogen) atoms. The Morgan fingerprint density at radius 1 is 1.19 bits per heavy atom. The van der Waals surface area contributed by atoms with Crippen molar-refractivity contribution in [2.45, 2.75) is 46.8 Å². The van der Waals surface area contributed by atoms with E-state index in [0.29, 0.717) is 23.0 Å². The highest BCUT2D eigenvalue weighted by Gasteiger charge is 2.21. The molecule has 1 heterocycles. The number of nitrogens with zero attached hydrogens (tertiary/aromatic N) is 2. The minimum atomic E-state index is -0.168. The van der Waals surface area contributed by atoms with Crippen LogP contribution in [0.4, 0.5) is 0 Å². The summed E-state index contributed by atoms with van der Waals surface area (Å²) >= 11 is 0. The van der Waals surface area contributed by atoms with Gasteiger partial charge in [-0.05, 0) is 50.5 Å². The standard InChI is InChI=1S/C20H26N2O4/c1-13(2)10-14(3)22(5)20(24)19-11-18(26-21-19)12-25-17-8-6-16(7-9-17)15(4)23/h6-9,11,13-14H,10,12H2,1-5H3. The number of carbonyl (C=O) groups excluding carboxylic acids is 2. The van der Waals surface area contributed by atoms with Gasteiger partial charge in [-0.25, -0.2) is 0 Å². The monoisotopic (exact) mass is 358 g/mol. The molecule has 1 amide bonds. The maximum Gasteiger partial charge on any atom is 0.276 e. The largest absolute Gasteiger partial charge is 0.486 e. The van der Waals surface area contributed by atoms with Crippen LogP contribution in [0.15, 0.2) is 34.9 Å². The third-order valence-corrected chi connectivity index (χ3v) is 4.21. The molecule has 0 radical (unpaired) electrons. The molecular formula is C20H26N2O4. The van der Waals surface area contributed by atoms with Crippen LogP contribution in [0, 0.1) is 5.92 Å². The quantitative estimate of drug-likeness (QED) is 0.668. The van der Waals surface area contributed by atoms with Crippen molar-refractivity contribution < 1.29 is 18.8 Å². The number of hydrogen-bond donors (Lipinski definition) is 0. The Balaban J connectivity index is 1.94. The fourth-order valence-electron chi connectivity index (χ4n) is 2.64. The lowest BCUT2D eigenvalue weighted by molar-refractivity contribution is 0.0717. The van der Waals surface area contributed by atoms with Gasteiger partial charge in [0, 0.05) is 24.7 Å². The first kappa shape index (κ1) is 19.7. The van der Waals surface area contributed by atoms with Gasteiger partial charge in [0.05, 0.1) is 0 Å². The number of hydrogen-bond acceptors (Lipinski definition) is 5. The van der Waals surface area contributed by atoms with Gasteiger partial charge in [-0.15, -0.1) is 0 Å². The molecule has 0 aliphatic carbocycles. The predicted octanol–water partition coefficient (Wildman–Crippen LogP) is 3.96. The van der Waals surface area contributed by atoms with E-state index in [0.717, 1.165) is 6.42 Å². The van der Waals surface area contributed by atoms with Gasteiger partial charge in [0.15, 0.2) is 17.2 Å². The van der Waals surface area contributed by atoms with E-state index in [-0.39, 0.29) is 30.0 Å². The Bertz CT molecular complexity index is 749. The van der Waals surface area contributed by atoms with Crippen molar-refractivity contribution in [3.05, 3.63) is 47.3 Å². The lowest BCUT2D eigenvalue weighted by Crippen LogP contribution is -2.36. The van der Waals surface area contributed by atoms with Gasteiger partial charge in [0.25, 0.3) is 5.91 Å². The number of rotatable bonds is 8. The van der Waals surface area contributed by atoms with E-state index in [1.54, 1.807) is 42.3 Å². The molecule has 6 heteroatoms. The molecule has 6 nitrogen and oxygen atoms in total. The third-order valence-electron chi connectivity index (χ3n) is 4.21. The van der Waals surface area contributed by atoms with Crippen LogP contribution in [0.25, 0.3) is 0 Å². The average Bonchev–Trinajstić information content (AvgIpc) is 3.07. The van der Waals surface area contributed by atoms with Crippen LogP contribution in [-0.4, -0.2) is 34.8 Å². The lowest BCUT2D eigenvalue weighted by Gasteiger charge is -2.25. The van der Waals surface area contributed by atoms with E-state index in [1.165, 1.54) is 6.92 Å². The van der Waals surface area contributed by atoms with E-state index in [9.17, 15) is 9.59 Å². The van der Waals surface area contributed by atoms with Crippen LogP contribution in [0.2, 0.25) is 0 Å². The molecule has 0 aliphatic heterocycles. The fourth-order valence-corrected chi connectivity index (χ4v) is 2.64. The summed E-state index contributed by atoms with van der Waals surface area (Å²) in [6.07, 6.45) is 0.923. The van der Waals surface area contributed by atoms with Gasteiger partial charge >= 0.3 is 0 Å². The Kier molecular flexibility index (Phi) is 6.55. The Morgan fingerprint density at radius 2 is 1.85 bits per heavy atom. The molecule has 0 aliphatic rings. The first-order valence-electron chi connectivity index (χ1n) is 8.74. The topological polar surface area (TPSA) is 72.6 Å². The second-order valence-electron chi connectivity index (χ2n) is 6.94. The summed E-state index contributed by atoms with van der Waals surface area (Å²) in [7, 11) is 1.77. The van der Waals surface area contributed by atoms with Crippen molar-refractivity contribution in [1.82, 2.24) is 10.1 Å². The fraction of sp³-hybridized carbons (Fsp3) is 0.450. The van der Waals surface area contributed by atoms with Crippen molar-refractivity contribution in [3.8, 4) is 5.75 Å². The number of ether oxygens (including phenoxy) is 1. The summed E-state index contributed by atoms with van der Waals surface area (Å²) in [5, 5.41) is 3.86. The molecule has 0 saturated carbocycles. The second-order valence-corrected chi connectivity index (χ2v) is 6.94. The SMILES string of the molecule is CC(=O)c1ccc(OCc2cc(C(=O)N(C)C(C)CC(C)C)no2)cc1. The number of aromatic nitrogens is 1. The smallest absolute Gasteiger partial charge is 0.276 e. The summed E-state index contributed by atoms with van der Waals surface area (Å²) in [5.41, 5.74) is 0.900. The number of ketones is 1. The van der Waals surface area contributed by atoms with Gasteiger partial charge in [0.2, 0.25) is 0 Å². The van der Waals surface area contributed by atoms with Gasteiger partial charge in [-0.3, -0.25) is 9.59 Å². The number of amides is 1. The van der Waals surface area contributed by atoms with Crippen molar-refractivity contribution in [1.29, 1.82) is 0 Å². The Hall–Kier alpha value is -2.63. The maximum atomic E-state index is 12.5. The summed E-state index contributed by atoms with van der Waals surface area (Å²) in [6, 6.07) is 8.58. The molecule has 0 saturated heterocycles. The van der Waals surface area contributed by atoms with Crippen LogP contribution in [0.3, 0.4) is 0 Å². The number of Topliss-reactive ketones (excluding diaryl/α,β-unsaturated/α-hetero) is 1. The first-order chi connectivity index (χ1) is 12.3. The summed E-state index contributed by atoms with van der Waals surface area (Å²) in [4.78, 5) is 25.4. The predicted molar refractivity (Wildman–Crippen MR) is 98.3 cm³/mol. The van der Waals surface area contributed by atoms with Gasteiger partial charge in [0.1, 0.15) is 12.4 Å². The molecule has 0 fully saturated rings. The first-order valence-corrected chi connectivity index (χ1v) is 8.74. The molecule has 2 aromatic rings. The second kappa shape index (κ2) is 8.65. The van der Waals surface area contributed by atoms with Crippen LogP contribution in [0.5, 0.6) is 5.75 Å². The number of carbonyl (C=O) groups is 2. The van der Waals surface area contributed by atoms with E-state index in [4.69, 9.17) is 9.26 Å². The molecule has 0 bridgehead atoms. The highest BCUT2D eigenvalue weighted by atomic mass is 16.5. The third kappa shape index (κ3) is 5.18. The van der Waals surface area contributed by atoms with Crippen LogP contribution in [-0.2, 0) is 6.61 Å². The maximum absolute atomic E-state index is 12.5. The van der Waals surface area contributed by atoms with E-state index in [2.05, 4.69) is 19.0 Å². The zero-order valence-corrected chi connectivity index (χ0v) is 16.0. The van der Waals surface area contributed by atoms with Gasteiger partial charge in [-0.1, -0.05) is 19.0 Å². The zero-order valence-electron chi connectivity index (χ0n) is 16.0. The van der Waals surface area contributed by atoms with Crippen molar-refractivity contribution in [3.63, 3.8) is 0 Å². The molecule has 0 spiro atoms. The van der Waals surface area contributed by atoms with Crippen molar-refractivity contribution in [2.24, 2.45) is 5.92 Å². The molecular weight excluding hydrogens is 332 g/mol. The van der Waals surface area contributed by atoms with Crippen LogP contribution >= 0.6 is 0 Å². The van der Waals surface area contributed by atoms with E-state index >= 15 is 0 Å². The summed E-state index contributed by atoms with van der Waals surface area (Å²) in [5.74, 6) is 1.43. The minimum Gasteiger partial charge on any atom is -0.486 e. The Labute approximate surface area is 154 Å². The van der Waals surface area contributed by atoms with Crippen LogP contribution in [0.1, 0.15) is 60.7 Å². The molecule has 140 valence electrons. The summed E-state index contributed by atoms with van der Waals surface area (Å²) < 4.78 is 10.8. The van der Waals surface area contributed by atoms with Gasteiger partial charge in [-0.2, -0.15) is 0 Å². The van der Waals surface area contributed by atoms with Crippen LogP contribution < -0.4 is 4.74 Å². The molecule has 1 aromatic heterocycles. The highest BCUT2D eigenvalue weighted by Crippen LogP contribution is 2.17. The lowest BCUT2D eigenvalue weighted by atomic mass is 10.0. The zero-order chi connectivity index (χ0) is 19.3. The molecule has 1 unspecified atom stereocenters. The minimum absolute atomic E-state index is 0.00533. The molecule has 1 aromatic carbocycles. The molecule has 2 rings (SSSR count).